The van der Waals surface area contributed by atoms with Crippen LogP contribution in [0.2, 0.25) is 0 Å². The molecule has 0 radical (unpaired) electrons. The summed E-state index contributed by atoms with van der Waals surface area (Å²) in [6.45, 7) is 8.43. The van der Waals surface area contributed by atoms with Gasteiger partial charge in [-0.1, -0.05) is 54.2 Å². The van der Waals surface area contributed by atoms with Crippen LogP contribution >= 0.6 is 23.1 Å². The molecule has 0 aliphatic rings. The lowest BCUT2D eigenvalue weighted by atomic mass is 10.1. The maximum atomic E-state index is 12.6. The molecule has 0 aliphatic carbocycles. The molecule has 0 saturated heterocycles. The highest BCUT2D eigenvalue weighted by Crippen LogP contribution is 2.34. The summed E-state index contributed by atoms with van der Waals surface area (Å²) in [5, 5.41) is 15.8. The minimum atomic E-state index is -0.0620. The van der Waals surface area contributed by atoms with Crippen molar-refractivity contribution >= 4 is 44.8 Å². The fourth-order valence-corrected chi connectivity index (χ4v) is 5.04. The number of allylic oxidation sites excluding steroid dienone is 1. The summed E-state index contributed by atoms with van der Waals surface area (Å²) in [4.78, 5) is 12.6. The van der Waals surface area contributed by atoms with Crippen molar-refractivity contribution in [2.45, 2.75) is 25.5 Å². The van der Waals surface area contributed by atoms with Gasteiger partial charge in [-0.2, -0.15) is 0 Å². The number of hydrogen-bond acceptors (Lipinski definition) is 5. The molecule has 5 nitrogen and oxygen atoms in total. The number of aromatic nitrogens is 3. The molecular weight excluding hydrogens is 412 g/mol. The number of thiophene rings is 1. The average Bonchev–Trinajstić information content (AvgIpc) is 3.33. The smallest absolute Gasteiger partial charge is 0.234 e. The molecule has 7 heteroatoms. The van der Waals surface area contributed by atoms with E-state index in [9.17, 15) is 4.79 Å². The number of nitrogens with zero attached hydrogens (tertiary/aromatic N) is 3. The van der Waals surface area contributed by atoms with E-state index in [1.54, 1.807) is 11.3 Å². The zero-order chi connectivity index (χ0) is 21.1. The molecule has 4 rings (SSSR count). The monoisotopic (exact) mass is 434 g/mol. The number of fused-ring (bicyclic) bond motifs is 1. The van der Waals surface area contributed by atoms with E-state index >= 15 is 0 Å². The Morgan fingerprint density at radius 1 is 1.17 bits per heavy atom. The topological polar surface area (TPSA) is 59.8 Å². The van der Waals surface area contributed by atoms with Crippen molar-refractivity contribution in [3.8, 4) is 11.4 Å². The average molecular weight is 435 g/mol. The summed E-state index contributed by atoms with van der Waals surface area (Å²) in [6, 6.07) is 14.2. The normalized spacial score (nSPS) is 11.0. The molecule has 1 N–H and O–H groups in total. The van der Waals surface area contributed by atoms with Crippen molar-refractivity contribution in [2.75, 3.05) is 11.1 Å². The Bertz CT molecular complexity index is 1200. The first-order chi connectivity index (χ1) is 14.6. The number of anilines is 1. The van der Waals surface area contributed by atoms with Gasteiger partial charge < -0.3 is 5.32 Å². The van der Waals surface area contributed by atoms with Gasteiger partial charge in [0.25, 0.3) is 0 Å². The third-order valence-electron chi connectivity index (χ3n) is 4.83. The van der Waals surface area contributed by atoms with Crippen LogP contribution in [0.5, 0.6) is 0 Å². The summed E-state index contributed by atoms with van der Waals surface area (Å²) in [5.74, 6) is 0.992. The molecule has 152 valence electrons. The third kappa shape index (κ3) is 4.04. The van der Waals surface area contributed by atoms with Crippen molar-refractivity contribution in [1.29, 1.82) is 0 Å². The molecule has 0 atom stereocenters. The Morgan fingerprint density at radius 3 is 2.70 bits per heavy atom. The van der Waals surface area contributed by atoms with Crippen LogP contribution in [0.3, 0.4) is 0 Å². The minimum absolute atomic E-state index is 0.0620. The van der Waals surface area contributed by atoms with E-state index in [1.165, 1.54) is 16.5 Å². The van der Waals surface area contributed by atoms with Crippen molar-refractivity contribution in [1.82, 2.24) is 14.8 Å². The molecule has 2 aromatic heterocycles. The molecule has 0 aliphatic heterocycles. The number of hydrogen-bond donors (Lipinski definition) is 1. The molecule has 1 amide bonds. The summed E-state index contributed by atoms with van der Waals surface area (Å²) >= 11 is 3.07. The zero-order valence-corrected chi connectivity index (χ0v) is 18.5. The fraction of sp³-hybridized carbons (Fsp3) is 0.174. The SMILES string of the molecule is C=CCn1c(SCC(=O)Nc2c(C)cccc2C)nnc1-c1csc2ccccc12. The van der Waals surface area contributed by atoms with Gasteiger partial charge in [0.15, 0.2) is 11.0 Å². The number of carbonyl (C=O) groups excluding carboxylic acids is 1. The van der Waals surface area contributed by atoms with Gasteiger partial charge in [0.2, 0.25) is 5.91 Å². The Balaban J connectivity index is 1.55. The quantitative estimate of drug-likeness (QED) is 0.300. The summed E-state index contributed by atoms with van der Waals surface area (Å²) < 4.78 is 3.22. The van der Waals surface area contributed by atoms with Crippen LogP contribution in [0.1, 0.15) is 11.1 Å². The summed E-state index contributed by atoms with van der Waals surface area (Å²) in [7, 11) is 0. The van der Waals surface area contributed by atoms with Gasteiger partial charge in [-0.25, -0.2) is 0 Å². The molecule has 2 aromatic carbocycles. The maximum Gasteiger partial charge on any atom is 0.234 e. The number of nitrogens with one attached hydrogen (secondary N) is 1. The number of rotatable bonds is 7. The second-order valence-corrected chi connectivity index (χ2v) is 8.81. The number of thioether (sulfide) groups is 1. The van der Waals surface area contributed by atoms with Crippen LogP contribution in [0.4, 0.5) is 5.69 Å². The van der Waals surface area contributed by atoms with E-state index in [0.29, 0.717) is 11.7 Å². The number of aryl methyl sites for hydroxylation is 2. The van der Waals surface area contributed by atoms with Crippen LogP contribution in [-0.2, 0) is 11.3 Å². The van der Waals surface area contributed by atoms with Gasteiger partial charge in [0.05, 0.1) is 5.75 Å². The van der Waals surface area contributed by atoms with Crippen LogP contribution in [0.25, 0.3) is 21.5 Å². The van der Waals surface area contributed by atoms with Gasteiger partial charge >= 0.3 is 0 Å². The third-order valence-corrected chi connectivity index (χ3v) is 6.76. The first-order valence-electron chi connectivity index (χ1n) is 9.58. The second kappa shape index (κ2) is 8.85. The molecule has 4 aromatic rings. The standard InChI is InChI=1S/C23H22N4OS2/c1-4-12-27-22(18-13-29-19-11-6-5-10-17(18)19)25-26-23(27)30-14-20(28)24-21-15(2)8-7-9-16(21)3/h4-11,13H,1,12,14H2,2-3H3,(H,24,28). The minimum Gasteiger partial charge on any atom is -0.325 e. The lowest BCUT2D eigenvalue weighted by Gasteiger charge is -2.11. The fourth-order valence-electron chi connectivity index (χ4n) is 3.36. The highest BCUT2D eigenvalue weighted by Gasteiger charge is 2.18. The van der Waals surface area contributed by atoms with Crippen molar-refractivity contribution in [3.63, 3.8) is 0 Å². The highest BCUT2D eigenvalue weighted by molar-refractivity contribution is 7.99. The van der Waals surface area contributed by atoms with Gasteiger partial charge in [-0.3, -0.25) is 9.36 Å². The Kier molecular flexibility index (Phi) is 6.01. The van der Waals surface area contributed by atoms with Gasteiger partial charge in [0, 0.05) is 33.3 Å². The molecule has 2 heterocycles. The lowest BCUT2D eigenvalue weighted by molar-refractivity contribution is -0.113. The van der Waals surface area contributed by atoms with E-state index in [4.69, 9.17) is 0 Å². The summed E-state index contributed by atoms with van der Waals surface area (Å²) in [6.07, 6.45) is 1.82. The van der Waals surface area contributed by atoms with Crippen LogP contribution in [-0.4, -0.2) is 26.4 Å². The predicted octanol–water partition coefficient (Wildman–Crippen LogP) is 5.69. The molecular formula is C23H22N4OS2. The Labute approximate surface area is 183 Å². The maximum absolute atomic E-state index is 12.6. The number of para-hydroxylation sites is 1. The lowest BCUT2D eigenvalue weighted by Crippen LogP contribution is -2.16. The van der Waals surface area contributed by atoms with Crippen LogP contribution < -0.4 is 5.32 Å². The van der Waals surface area contributed by atoms with E-state index in [0.717, 1.165) is 33.6 Å². The van der Waals surface area contributed by atoms with Crippen LogP contribution in [0, 0.1) is 13.8 Å². The van der Waals surface area contributed by atoms with E-state index in [1.807, 2.05) is 54.8 Å². The molecule has 0 bridgehead atoms. The Hall–Kier alpha value is -2.90. The summed E-state index contributed by atoms with van der Waals surface area (Å²) in [5.41, 5.74) is 4.03. The van der Waals surface area contributed by atoms with Gasteiger partial charge in [0.1, 0.15) is 0 Å². The number of carbonyl (C=O) groups is 1. The van der Waals surface area contributed by atoms with Crippen molar-refractivity contribution < 1.29 is 4.79 Å². The zero-order valence-electron chi connectivity index (χ0n) is 16.9. The number of benzene rings is 2. The van der Waals surface area contributed by atoms with E-state index in [2.05, 4.69) is 39.6 Å². The van der Waals surface area contributed by atoms with E-state index in [-0.39, 0.29) is 11.7 Å². The molecule has 30 heavy (non-hydrogen) atoms. The second-order valence-electron chi connectivity index (χ2n) is 6.95. The first-order valence-corrected chi connectivity index (χ1v) is 11.4. The molecule has 0 saturated carbocycles. The van der Waals surface area contributed by atoms with Crippen molar-refractivity contribution in [3.05, 3.63) is 71.6 Å². The van der Waals surface area contributed by atoms with Gasteiger partial charge in [-0.05, 0) is 31.0 Å². The number of amides is 1. The van der Waals surface area contributed by atoms with E-state index < -0.39 is 0 Å². The Morgan fingerprint density at radius 2 is 1.93 bits per heavy atom. The largest absolute Gasteiger partial charge is 0.325 e. The molecule has 0 unspecified atom stereocenters. The van der Waals surface area contributed by atoms with Gasteiger partial charge in [-0.15, -0.1) is 28.1 Å². The molecule has 0 fully saturated rings. The molecule has 0 spiro atoms. The highest BCUT2D eigenvalue weighted by atomic mass is 32.2. The van der Waals surface area contributed by atoms with Crippen LogP contribution in [0.15, 0.2) is 65.7 Å². The first kappa shape index (κ1) is 20.4. The predicted molar refractivity (Wildman–Crippen MR) is 126 cm³/mol. The van der Waals surface area contributed by atoms with Crippen molar-refractivity contribution in [2.24, 2.45) is 0 Å².